The van der Waals surface area contributed by atoms with Crippen LogP contribution in [0.3, 0.4) is 0 Å². The van der Waals surface area contributed by atoms with Gasteiger partial charge in [0.2, 0.25) is 0 Å². The van der Waals surface area contributed by atoms with Crippen LogP contribution in [0.4, 0.5) is 5.69 Å². The zero-order valence-corrected chi connectivity index (χ0v) is 9.91. The largest absolute Gasteiger partial charge is 0.488 e. The fourth-order valence-electron chi connectivity index (χ4n) is 1.17. The Morgan fingerprint density at radius 3 is 2.71 bits per heavy atom. The van der Waals surface area contributed by atoms with Crippen LogP contribution in [0, 0.1) is 0 Å². The molecule has 0 spiro atoms. The van der Waals surface area contributed by atoms with Gasteiger partial charge in [-0.15, -0.1) is 0 Å². The van der Waals surface area contributed by atoms with Gasteiger partial charge in [0, 0.05) is 14.1 Å². The summed E-state index contributed by atoms with van der Waals surface area (Å²) in [5.74, 6) is 0.846. The molecule has 4 heteroatoms. The highest BCUT2D eigenvalue weighted by Gasteiger charge is 2.25. The van der Waals surface area contributed by atoms with Crippen molar-refractivity contribution in [1.29, 1.82) is 0 Å². The van der Waals surface area contributed by atoms with Crippen LogP contribution in [0.15, 0.2) is 16.9 Å². The van der Waals surface area contributed by atoms with Crippen LogP contribution in [-0.2, 0) is 0 Å². The zero-order chi connectivity index (χ0) is 10.1. The Labute approximate surface area is 92.2 Å². The van der Waals surface area contributed by atoms with Crippen LogP contribution in [0.25, 0.3) is 0 Å². The van der Waals surface area contributed by atoms with E-state index in [-0.39, 0.29) is 0 Å². The molecule has 1 aliphatic carbocycles. The van der Waals surface area contributed by atoms with Crippen molar-refractivity contribution < 1.29 is 4.74 Å². The normalized spacial score (nSPS) is 15.4. The molecule has 14 heavy (non-hydrogen) atoms. The quantitative estimate of drug-likeness (QED) is 0.831. The average molecular weight is 257 g/mol. The molecule has 0 unspecified atom stereocenters. The van der Waals surface area contributed by atoms with Crippen molar-refractivity contribution in [3.63, 3.8) is 0 Å². The monoisotopic (exact) mass is 256 g/mol. The van der Waals surface area contributed by atoms with E-state index in [1.807, 2.05) is 25.2 Å². The van der Waals surface area contributed by atoms with Crippen molar-refractivity contribution in [2.45, 2.75) is 18.9 Å². The Kier molecular flexibility index (Phi) is 2.63. The highest BCUT2D eigenvalue weighted by atomic mass is 79.9. The van der Waals surface area contributed by atoms with E-state index in [1.54, 1.807) is 6.20 Å². The molecule has 0 aromatic carbocycles. The first-order chi connectivity index (χ1) is 6.68. The summed E-state index contributed by atoms with van der Waals surface area (Å²) in [7, 11) is 3.98. The van der Waals surface area contributed by atoms with E-state index < -0.39 is 0 Å². The number of rotatable bonds is 3. The molecule has 2 rings (SSSR count). The van der Waals surface area contributed by atoms with Crippen LogP contribution in [0.1, 0.15) is 12.8 Å². The summed E-state index contributed by atoms with van der Waals surface area (Å²) in [6.07, 6.45) is 6.32. The summed E-state index contributed by atoms with van der Waals surface area (Å²) >= 11 is 3.53. The molecule has 0 radical (unpaired) electrons. The lowest BCUT2D eigenvalue weighted by atomic mass is 10.4. The lowest BCUT2D eigenvalue weighted by Gasteiger charge is -2.16. The molecule has 1 aromatic rings. The molecule has 1 heterocycles. The van der Waals surface area contributed by atoms with Crippen LogP contribution >= 0.6 is 15.9 Å². The molecule has 3 nitrogen and oxygen atoms in total. The second-order valence-corrected chi connectivity index (χ2v) is 4.48. The average Bonchev–Trinajstić information content (AvgIpc) is 2.92. The van der Waals surface area contributed by atoms with Gasteiger partial charge in [-0.1, -0.05) is 0 Å². The maximum Gasteiger partial charge on any atom is 0.154 e. The van der Waals surface area contributed by atoms with Gasteiger partial charge in [0.15, 0.2) is 5.75 Å². The Balaban J connectivity index is 2.25. The molecule has 0 saturated heterocycles. The summed E-state index contributed by atoms with van der Waals surface area (Å²) < 4.78 is 6.70. The molecule has 1 aliphatic rings. The number of nitrogens with zero attached hydrogens (tertiary/aromatic N) is 2. The highest BCUT2D eigenvalue weighted by molar-refractivity contribution is 9.10. The van der Waals surface area contributed by atoms with Gasteiger partial charge in [0.1, 0.15) is 0 Å². The molecule has 0 N–H and O–H groups in total. The Morgan fingerprint density at radius 2 is 2.14 bits per heavy atom. The highest BCUT2D eigenvalue weighted by Crippen LogP contribution is 2.36. The van der Waals surface area contributed by atoms with E-state index in [0.717, 1.165) is 15.9 Å². The van der Waals surface area contributed by atoms with Crippen LogP contribution < -0.4 is 9.64 Å². The summed E-state index contributed by atoms with van der Waals surface area (Å²) in [4.78, 5) is 6.16. The van der Waals surface area contributed by atoms with Gasteiger partial charge in [-0.3, -0.25) is 4.98 Å². The van der Waals surface area contributed by atoms with Gasteiger partial charge >= 0.3 is 0 Å². The van der Waals surface area contributed by atoms with Crippen molar-refractivity contribution in [1.82, 2.24) is 4.98 Å². The van der Waals surface area contributed by atoms with Crippen molar-refractivity contribution >= 4 is 21.6 Å². The second-order valence-electron chi connectivity index (χ2n) is 3.68. The minimum absolute atomic E-state index is 0.408. The molecule has 0 aliphatic heterocycles. The van der Waals surface area contributed by atoms with Crippen molar-refractivity contribution in [2.75, 3.05) is 19.0 Å². The Bertz CT molecular complexity index is 337. The van der Waals surface area contributed by atoms with E-state index in [2.05, 4.69) is 20.9 Å². The number of halogens is 1. The Morgan fingerprint density at radius 1 is 1.43 bits per heavy atom. The number of aromatic nitrogens is 1. The Hall–Kier alpha value is -0.770. The van der Waals surface area contributed by atoms with Crippen LogP contribution in [-0.4, -0.2) is 25.2 Å². The SMILES string of the molecule is CN(C)c1cncc(OC2CC2)c1Br. The van der Waals surface area contributed by atoms with Crippen LogP contribution in [0.5, 0.6) is 5.75 Å². The molecule has 0 bridgehead atoms. The molecular weight excluding hydrogens is 244 g/mol. The zero-order valence-electron chi connectivity index (χ0n) is 8.33. The van der Waals surface area contributed by atoms with Crippen molar-refractivity contribution in [3.8, 4) is 5.75 Å². The maximum absolute atomic E-state index is 5.71. The smallest absolute Gasteiger partial charge is 0.154 e. The number of anilines is 1. The standard InChI is InChI=1S/C10H13BrN2O/c1-13(2)8-5-12-6-9(10(8)11)14-7-3-4-7/h5-7H,3-4H2,1-2H3. The minimum Gasteiger partial charge on any atom is -0.488 e. The summed E-state index contributed by atoms with van der Waals surface area (Å²) in [5.41, 5.74) is 1.04. The van der Waals surface area contributed by atoms with Gasteiger partial charge < -0.3 is 9.64 Å². The summed E-state index contributed by atoms with van der Waals surface area (Å²) in [5, 5.41) is 0. The maximum atomic E-state index is 5.71. The lowest BCUT2D eigenvalue weighted by Crippen LogP contribution is -2.10. The molecule has 1 saturated carbocycles. The predicted molar refractivity (Wildman–Crippen MR) is 59.9 cm³/mol. The lowest BCUT2D eigenvalue weighted by molar-refractivity contribution is 0.300. The minimum atomic E-state index is 0.408. The third kappa shape index (κ3) is 2.00. The van der Waals surface area contributed by atoms with E-state index in [0.29, 0.717) is 6.10 Å². The predicted octanol–water partition coefficient (Wildman–Crippen LogP) is 2.45. The van der Waals surface area contributed by atoms with Gasteiger partial charge in [-0.2, -0.15) is 0 Å². The molecule has 76 valence electrons. The van der Waals surface area contributed by atoms with E-state index >= 15 is 0 Å². The first kappa shape index (κ1) is 9.77. The molecule has 1 fully saturated rings. The first-order valence-electron chi connectivity index (χ1n) is 4.66. The molecule has 0 amide bonds. The van der Waals surface area contributed by atoms with Gasteiger partial charge in [-0.05, 0) is 28.8 Å². The number of hydrogen-bond acceptors (Lipinski definition) is 3. The van der Waals surface area contributed by atoms with E-state index in [4.69, 9.17) is 4.74 Å². The fourth-order valence-corrected chi connectivity index (χ4v) is 1.83. The molecular formula is C10H13BrN2O. The topological polar surface area (TPSA) is 25.4 Å². The van der Waals surface area contributed by atoms with Crippen molar-refractivity contribution in [3.05, 3.63) is 16.9 Å². The fraction of sp³-hybridized carbons (Fsp3) is 0.500. The van der Waals surface area contributed by atoms with Gasteiger partial charge in [0.05, 0.1) is 28.7 Å². The molecule has 1 aromatic heterocycles. The number of hydrogen-bond donors (Lipinski definition) is 0. The number of pyridine rings is 1. The van der Waals surface area contributed by atoms with Gasteiger partial charge in [-0.25, -0.2) is 0 Å². The summed E-state index contributed by atoms with van der Waals surface area (Å²) in [6, 6.07) is 0. The first-order valence-corrected chi connectivity index (χ1v) is 5.45. The number of ether oxygens (including phenoxy) is 1. The third-order valence-electron chi connectivity index (χ3n) is 2.13. The molecule has 0 atom stereocenters. The second kappa shape index (κ2) is 3.77. The van der Waals surface area contributed by atoms with Gasteiger partial charge in [0.25, 0.3) is 0 Å². The van der Waals surface area contributed by atoms with Crippen molar-refractivity contribution in [2.24, 2.45) is 0 Å². The summed E-state index contributed by atoms with van der Waals surface area (Å²) in [6.45, 7) is 0. The van der Waals surface area contributed by atoms with E-state index in [1.165, 1.54) is 12.8 Å². The van der Waals surface area contributed by atoms with E-state index in [9.17, 15) is 0 Å². The van der Waals surface area contributed by atoms with Crippen LogP contribution in [0.2, 0.25) is 0 Å². The third-order valence-corrected chi connectivity index (χ3v) is 2.93.